The van der Waals surface area contributed by atoms with Crippen LogP contribution in [0.3, 0.4) is 0 Å². The smallest absolute Gasteiger partial charge is 0.410 e. The fourth-order valence-electron chi connectivity index (χ4n) is 3.82. The van der Waals surface area contributed by atoms with Crippen LogP contribution in [0.4, 0.5) is 4.79 Å². The molecule has 0 N–H and O–H groups in total. The van der Waals surface area contributed by atoms with Gasteiger partial charge in [-0.15, -0.1) is 0 Å². The van der Waals surface area contributed by atoms with Crippen molar-refractivity contribution in [2.24, 2.45) is 0 Å². The highest BCUT2D eigenvalue weighted by molar-refractivity contribution is 9.10. The van der Waals surface area contributed by atoms with E-state index in [-0.39, 0.29) is 18.6 Å². The molecule has 9 heteroatoms. The zero-order valence-electron chi connectivity index (χ0n) is 16.6. The van der Waals surface area contributed by atoms with Crippen molar-refractivity contribution in [2.45, 2.75) is 32.0 Å². The van der Waals surface area contributed by atoms with E-state index in [0.717, 1.165) is 29.9 Å². The molecule has 7 nitrogen and oxygen atoms in total. The Hall–Kier alpha value is -2.16. The van der Waals surface area contributed by atoms with Crippen molar-refractivity contribution < 1.29 is 14.3 Å². The predicted molar refractivity (Wildman–Crippen MR) is 117 cm³/mol. The molecule has 1 saturated heterocycles. The number of rotatable bonds is 5. The normalized spacial score (nSPS) is 16.8. The van der Waals surface area contributed by atoms with Crippen LogP contribution in [0.15, 0.2) is 41.1 Å². The molecular weight excluding hydrogens is 472 g/mol. The van der Waals surface area contributed by atoms with Gasteiger partial charge < -0.3 is 14.4 Å². The molecule has 1 aliphatic rings. The molecule has 0 spiro atoms. The quantitative estimate of drug-likeness (QED) is 0.510. The number of hydrogen-bond acceptors (Lipinski definition) is 5. The number of likely N-dealkylation sites (tertiary alicyclic amines) is 1. The van der Waals surface area contributed by atoms with Crippen molar-refractivity contribution >= 4 is 39.1 Å². The molecule has 1 aliphatic heterocycles. The average Bonchev–Trinajstić information content (AvgIpc) is 3.13. The number of carbonyl (C=O) groups is 1. The molecule has 0 radical (unpaired) electrons. The first kappa shape index (κ1) is 21.1. The number of benzene rings is 1. The number of fused-ring (bicyclic) bond motifs is 1. The number of halogens is 2. The second-order valence-corrected chi connectivity index (χ2v) is 8.35. The van der Waals surface area contributed by atoms with Crippen LogP contribution in [-0.2, 0) is 22.7 Å². The van der Waals surface area contributed by atoms with Crippen LogP contribution in [0.25, 0.3) is 5.52 Å². The Kier molecular flexibility index (Phi) is 6.55. The Morgan fingerprint density at radius 3 is 2.87 bits per heavy atom. The summed E-state index contributed by atoms with van der Waals surface area (Å²) >= 11 is 9.85. The van der Waals surface area contributed by atoms with Crippen molar-refractivity contribution in [1.82, 2.24) is 19.3 Å². The molecule has 1 fully saturated rings. The number of methoxy groups -OCH3 is 1. The van der Waals surface area contributed by atoms with E-state index in [1.165, 1.54) is 0 Å². The molecule has 3 heterocycles. The van der Waals surface area contributed by atoms with Crippen molar-refractivity contribution in [3.63, 3.8) is 0 Å². The van der Waals surface area contributed by atoms with Gasteiger partial charge in [-0.05, 0) is 34.3 Å². The van der Waals surface area contributed by atoms with E-state index in [0.29, 0.717) is 35.0 Å². The standard InChI is InChI=1S/C21H22BrClN4O3/c1-29-13-16-10-24-19(23)17-18(22)25-20(27(16)17)15-8-5-9-26(11-15)21(28)30-12-14-6-3-2-4-7-14/h2-4,6-7,10,15H,5,8-9,11-13H2,1H3/t15-/m1/s1. The Morgan fingerprint density at radius 1 is 1.30 bits per heavy atom. The van der Waals surface area contributed by atoms with Crippen molar-refractivity contribution in [1.29, 1.82) is 0 Å². The number of imidazole rings is 1. The lowest BCUT2D eigenvalue weighted by atomic mass is 9.97. The maximum Gasteiger partial charge on any atom is 0.410 e. The number of hydrogen-bond donors (Lipinski definition) is 0. The molecule has 1 aromatic carbocycles. The summed E-state index contributed by atoms with van der Waals surface area (Å²) in [5.74, 6) is 0.893. The lowest BCUT2D eigenvalue weighted by molar-refractivity contribution is 0.0852. The molecule has 0 saturated carbocycles. The minimum absolute atomic E-state index is 0.0518. The average molecular weight is 494 g/mol. The van der Waals surface area contributed by atoms with Gasteiger partial charge in [0.15, 0.2) is 5.15 Å². The van der Waals surface area contributed by atoms with Crippen LogP contribution in [0.2, 0.25) is 5.15 Å². The molecule has 3 aromatic rings. The van der Waals surface area contributed by atoms with Crippen molar-refractivity contribution in [3.8, 4) is 0 Å². The summed E-state index contributed by atoms with van der Waals surface area (Å²) in [6, 6.07) is 9.68. The van der Waals surface area contributed by atoms with E-state index in [9.17, 15) is 4.79 Å². The SMILES string of the molecule is COCc1cnc(Cl)c2c(Br)nc([C@@H]3CCCN(C(=O)OCc4ccccc4)C3)n12. The Balaban J connectivity index is 1.55. The summed E-state index contributed by atoms with van der Waals surface area (Å²) in [5, 5.41) is 0.371. The highest BCUT2D eigenvalue weighted by Crippen LogP contribution is 2.33. The summed E-state index contributed by atoms with van der Waals surface area (Å²) in [6.45, 7) is 1.84. The number of ether oxygens (including phenoxy) is 2. The van der Waals surface area contributed by atoms with Crippen LogP contribution in [0, 0.1) is 0 Å². The molecule has 4 rings (SSSR count). The van der Waals surface area contributed by atoms with Crippen LogP contribution in [0.1, 0.15) is 35.8 Å². The molecule has 158 valence electrons. The minimum atomic E-state index is -0.305. The van der Waals surface area contributed by atoms with Crippen LogP contribution < -0.4 is 0 Å². The first-order valence-electron chi connectivity index (χ1n) is 9.74. The Morgan fingerprint density at radius 2 is 2.10 bits per heavy atom. The van der Waals surface area contributed by atoms with Crippen molar-refractivity contribution in [3.05, 3.63) is 63.4 Å². The Bertz CT molecular complexity index is 1040. The molecule has 0 unspecified atom stereocenters. The van der Waals surface area contributed by atoms with Gasteiger partial charge in [-0.1, -0.05) is 41.9 Å². The van der Waals surface area contributed by atoms with Gasteiger partial charge in [0.25, 0.3) is 0 Å². The minimum Gasteiger partial charge on any atom is -0.445 e. The van der Waals surface area contributed by atoms with Gasteiger partial charge in [-0.3, -0.25) is 4.40 Å². The van der Waals surface area contributed by atoms with E-state index in [2.05, 4.69) is 20.9 Å². The van der Waals surface area contributed by atoms with Gasteiger partial charge in [0.2, 0.25) is 0 Å². The predicted octanol–water partition coefficient (Wildman–Crippen LogP) is 4.81. The third kappa shape index (κ3) is 4.31. The van der Waals surface area contributed by atoms with Gasteiger partial charge in [0, 0.05) is 26.1 Å². The zero-order chi connectivity index (χ0) is 21.1. The summed E-state index contributed by atoms with van der Waals surface area (Å²) in [5.41, 5.74) is 2.54. The van der Waals surface area contributed by atoms with Gasteiger partial charge in [-0.2, -0.15) is 0 Å². The molecule has 30 heavy (non-hydrogen) atoms. The van der Waals surface area contributed by atoms with Crippen molar-refractivity contribution in [2.75, 3.05) is 20.2 Å². The molecule has 0 aliphatic carbocycles. The second-order valence-electron chi connectivity index (χ2n) is 7.24. The Labute approximate surface area is 188 Å². The maximum atomic E-state index is 12.7. The number of piperidine rings is 1. The molecule has 2 aromatic heterocycles. The topological polar surface area (TPSA) is 69.0 Å². The molecule has 1 atom stereocenters. The van der Waals surface area contributed by atoms with Crippen LogP contribution in [-0.4, -0.2) is 45.6 Å². The third-order valence-electron chi connectivity index (χ3n) is 5.21. The first-order valence-corrected chi connectivity index (χ1v) is 10.9. The van der Waals surface area contributed by atoms with Crippen LogP contribution >= 0.6 is 27.5 Å². The summed E-state index contributed by atoms with van der Waals surface area (Å²) in [6.07, 6.45) is 3.18. The lowest BCUT2D eigenvalue weighted by Gasteiger charge is -2.31. The monoisotopic (exact) mass is 492 g/mol. The van der Waals surface area contributed by atoms with Crippen LogP contribution in [0.5, 0.6) is 0 Å². The largest absolute Gasteiger partial charge is 0.445 e. The lowest BCUT2D eigenvalue weighted by Crippen LogP contribution is -2.39. The maximum absolute atomic E-state index is 12.7. The second kappa shape index (κ2) is 9.32. The first-order chi connectivity index (χ1) is 14.6. The third-order valence-corrected chi connectivity index (χ3v) is 6.04. The summed E-state index contributed by atoms with van der Waals surface area (Å²) in [7, 11) is 1.64. The summed E-state index contributed by atoms with van der Waals surface area (Å²) < 4.78 is 13.5. The molecular formula is C21H22BrClN4O3. The van der Waals surface area contributed by atoms with E-state index in [1.807, 2.05) is 34.7 Å². The number of aromatic nitrogens is 3. The summed E-state index contributed by atoms with van der Waals surface area (Å²) in [4.78, 5) is 23.4. The van der Waals surface area contributed by atoms with E-state index in [1.54, 1.807) is 18.2 Å². The van der Waals surface area contributed by atoms with E-state index < -0.39 is 0 Å². The van der Waals surface area contributed by atoms with Gasteiger partial charge in [0.05, 0.1) is 18.5 Å². The highest BCUT2D eigenvalue weighted by Gasteiger charge is 2.30. The zero-order valence-corrected chi connectivity index (χ0v) is 18.9. The molecule has 0 bridgehead atoms. The number of nitrogens with zero attached hydrogens (tertiary/aromatic N) is 4. The highest BCUT2D eigenvalue weighted by atomic mass is 79.9. The van der Waals surface area contributed by atoms with Gasteiger partial charge in [-0.25, -0.2) is 14.8 Å². The van der Waals surface area contributed by atoms with Gasteiger partial charge in [0.1, 0.15) is 22.6 Å². The molecule has 1 amide bonds. The number of carbonyl (C=O) groups excluding carboxylic acids is 1. The van der Waals surface area contributed by atoms with E-state index in [4.69, 9.17) is 26.1 Å². The fraction of sp³-hybridized carbons (Fsp3) is 0.381. The fourth-order valence-corrected chi connectivity index (χ4v) is 4.70. The number of amides is 1. The van der Waals surface area contributed by atoms with E-state index >= 15 is 0 Å². The van der Waals surface area contributed by atoms with Gasteiger partial charge >= 0.3 is 6.09 Å².